The fraction of sp³-hybridized carbons (Fsp3) is 0.370. The van der Waals surface area contributed by atoms with Crippen molar-refractivity contribution in [2.24, 2.45) is 5.73 Å². The van der Waals surface area contributed by atoms with Gasteiger partial charge in [-0.05, 0) is 62.7 Å². The summed E-state index contributed by atoms with van der Waals surface area (Å²) in [5.41, 5.74) is 9.16. The summed E-state index contributed by atoms with van der Waals surface area (Å²) in [5, 5.41) is 3.04. The Morgan fingerprint density at radius 1 is 1.17 bits per heavy atom. The molecule has 1 aliphatic carbocycles. The van der Waals surface area contributed by atoms with Gasteiger partial charge in [-0.25, -0.2) is 9.78 Å². The fourth-order valence-corrected chi connectivity index (χ4v) is 5.68. The smallest absolute Gasteiger partial charge is 0.405 e. The molecule has 2 aromatic heterocycles. The third-order valence-electron chi connectivity index (χ3n) is 6.89. The van der Waals surface area contributed by atoms with Crippen molar-refractivity contribution in [1.29, 1.82) is 0 Å². The van der Waals surface area contributed by atoms with E-state index in [9.17, 15) is 9.59 Å². The lowest BCUT2D eigenvalue weighted by Crippen LogP contribution is -2.29. The summed E-state index contributed by atoms with van der Waals surface area (Å²) in [6.45, 7) is 8.02. The highest BCUT2D eigenvalue weighted by molar-refractivity contribution is 7.23. The van der Waals surface area contributed by atoms with Crippen LogP contribution in [0, 0.1) is 0 Å². The van der Waals surface area contributed by atoms with Crippen molar-refractivity contribution in [1.82, 2.24) is 19.6 Å². The minimum absolute atomic E-state index is 0.0444. The topological polar surface area (TPSA) is 102 Å². The lowest BCUT2D eigenvalue weighted by Gasteiger charge is -2.17. The largest absolute Gasteiger partial charge is 0.438 e. The first kappa shape index (κ1) is 24.3. The van der Waals surface area contributed by atoms with Gasteiger partial charge < -0.3 is 20.7 Å². The maximum Gasteiger partial charge on any atom is 0.405 e. The van der Waals surface area contributed by atoms with Crippen LogP contribution in [0.1, 0.15) is 49.0 Å². The number of carbonyl (C=O) groups is 2. The van der Waals surface area contributed by atoms with Crippen LogP contribution in [0.5, 0.6) is 0 Å². The third-order valence-corrected chi connectivity index (χ3v) is 7.91. The molecule has 2 heterocycles. The number of amides is 2. The molecule has 1 fully saturated rings. The first-order chi connectivity index (χ1) is 17.4. The van der Waals surface area contributed by atoms with Gasteiger partial charge in [0.1, 0.15) is 5.60 Å². The molecule has 4 aromatic rings. The van der Waals surface area contributed by atoms with Gasteiger partial charge in [-0.15, -0.1) is 0 Å². The Morgan fingerprint density at radius 2 is 1.92 bits per heavy atom. The molecular weight excluding hydrogens is 474 g/mol. The number of nitrogens with zero attached hydrogens (tertiary/aromatic N) is 3. The van der Waals surface area contributed by atoms with Gasteiger partial charge in [0.2, 0.25) is 0 Å². The molecule has 36 heavy (non-hydrogen) atoms. The summed E-state index contributed by atoms with van der Waals surface area (Å²) < 4.78 is 8.41. The number of hydrogen-bond acceptors (Lipinski definition) is 6. The lowest BCUT2D eigenvalue weighted by molar-refractivity contribution is 0.0898. The zero-order valence-electron chi connectivity index (χ0n) is 20.6. The van der Waals surface area contributed by atoms with Gasteiger partial charge >= 0.3 is 6.09 Å². The first-order valence-electron chi connectivity index (χ1n) is 12.4. The van der Waals surface area contributed by atoms with Crippen LogP contribution in [0.4, 0.5) is 4.79 Å². The molecule has 0 radical (unpaired) electrons. The van der Waals surface area contributed by atoms with E-state index in [4.69, 9.17) is 15.5 Å². The number of nitrogens with one attached hydrogen (secondary N) is 1. The number of primary amides is 1. The van der Waals surface area contributed by atoms with Gasteiger partial charge in [-0.3, -0.25) is 9.20 Å². The average molecular weight is 506 g/mol. The molecule has 2 aromatic carbocycles. The van der Waals surface area contributed by atoms with E-state index in [1.165, 1.54) is 0 Å². The summed E-state index contributed by atoms with van der Waals surface area (Å²) in [4.78, 5) is 31.9. The quantitative estimate of drug-likeness (QED) is 0.303. The second-order valence-electron chi connectivity index (χ2n) is 9.19. The number of benzene rings is 2. The van der Waals surface area contributed by atoms with E-state index in [0.717, 1.165) is 70.9 Å². The van der Waals surface area contributed by atoms with Crippen LogP contribution in [0.15, 0.2) is 48.7 Å². The van der Waals surface area contributed by atoms with Crippen molar-refractivity contribution in [2.75, 3.05) is 26.2 Å². The number of hydrogen-bond donors (Lipinski definition) is 2. The van der Waals surface area contributed by atoms with Gasteiger partial charge in [0, 0.05) is 23.9 Å². The van der Waals surface area contributed by atoms with Gasteiger partial charge in [0.25, 0.3) is 5.91 Å². The molecule has 1 saturated carbocycles. The number of fused-ring (bicyclic) bond motifs is 3. The molecule has 9 heteroatoms. The van der Waals surface area contributed by atoms with Gasteiger partial charge in [0.15, 0.2) is 4.96 Å². The van der Waals surface area contributed by atoms with Crippen molar-refractivity contribution in [3.63, 3.8) is 0 Å². The second-order valence-corrected chi connectivity index (χ2v) is 10.2. The lowest BCUT2D eigenvalue weighted by atomic mass is 10.0. The van der Waals surface area contributed by atoms with E-state index in [2.05, 4.69) is 28.5 Å². The monoisotopic (exact) mass is 505 g/mol. The predicted octanol–water partition coefficient (Wildman–Crippen LogP) is 4.76. The normalized spacial score (nSPS) is 14.4. The summed E-state index contributed by atoms with van der Waals surface area (Å²) in [7, 11) is 0. The van der Waals surface area contributed by atoms with Crippen molar-refractivity contribution in [2.45, 2.75) is 38.7 Å². The fourth-order valence-electron chi connectivity index (χ4n) is 4.63. The van der Waals surface area contributed by atoms with Crippen molar-refractivity contribution in [3.05, 3.63) is 59.8 Å². The number of imidazole rings is 1. The molecule has 0 spiro atoms. The van der Waals surface area contributed by atoms with Crippen LogP contribution in [0.3, 0.4) is 0 Å². The van der Waals surface area contributed by atoms with Gasteiger partial charge in [0.05, 0.1) is 15.9 Å². The maximum absolute atomic E-state index is 12.6. The van der Waals surface area contributed by atoms with Crippen molar-refractivity contribution < 1.29 is 14.3 Å². The van der Waals surface area contributed by atoms with E-state index < -0.39 is 11.7 Å². The van der Waals surface area contributed by atoms with E-state index >= 15 is 0 Å². The molecule has 3 N–H and O–H groups in total. The summed E-state index contributed by atoms with van der Waals surface area (Å²) in [5.74, 6) is -0.0444. The number of ether oxygens (including phenoxy) is 1. The Hall–Kier alpha value is -3.43. The van der Waals surface area contributed by atoms with Crippen LogP contribution in [-0.2, 0) is 10.3 Å². The molecule has 2 amide bonds. The molecule has 0 unspecified atom stereocenters. The summed E-state index contributed by atoms with van der Waals surface area (Å²) >= 11 is 1.56. The molecule has 0 bridgehead atoms. The molecule has 5 rings (SSSR count). The van der Waals surface area contributed by atoms with Crippen LogP contribution in [0.2, 0.25) is 0 Å². The summed E-state index contributed by atoms with van der Waals surface area (Å²) in [6.07, 6.45) is 3.79. The first-order valence-corrected chi connectivity index (χ1v) is 13.3. The van der Waals surface area contributed by atoms with Crippen molar-refractivity contribution in [3.8, 4) is 11.3 Å². The van der Waals surface area contributed by atoms with E-state index in [0.29, 0.717) is 12.1 Å². The highest BCUT2D eigenvalue weighted by Crippen LogP contribution is 2.49. The Labute approximate surface area is 214 Å². The van der Waals surface area contributed by atoms with Crippen LogP contribution < -0.4 is 11.1 Å². The molecule has 0 aliphatic heterocycles. The minimum atomic E-state index is -0.742. The number of nitrogens with two attached hydrogens (primary N) is 1. The van der Waals surface area contributed by atoms with Crippen LogP contribution in [-0.4, -0.2) is 52.5 Å². The Balaban J connectivity index is 1.28. The highest BCUT2D eigenvalue weighted by atomic mass is 32.1. The zero-order valence-corrected chi connectivity index (χ0v) is 21.4. The third kappa shape index (κ3) is 4.81. The average Bonchev–Trinajstić information content (AvgIpc) is 3.40. The maximum atomic E-state index is 12.6. The van der Waals surface area contributed by atoms with E-state index in [1.54, 1.807) is 11.3 Å². The Morgan fingerprint density at radius 3 is 2.58 bits per heavy atom. The van der Waals surface area contributed by atoms with Gasteiger partial charge in [-0.1, -0.05) is 49.4 Å². The Kier molecular flexibility index (Phi) is 6.68. The number of thiazole rings is 1. The molecule has 188 valence electrons. The number of aromatic nitrogens is 2. The number of rotatable bonds is 10. The van der Waals surface area contributed by atoms with Gasteiger partial charge in [-0.2, -0.15) is 0 Å². The van der Waals surface area contributed by atoms with Crippen LogP contribution in [0.25, 0.3) is 26.4 Å². The molecule has 1 aliphatic rings. The number of carbonyl (C=O) groups excluding carboxylic acids is 2. The predicted molar refractivity (Wildman–Crippen MR) is 142 cm³/mol. The van der Waals surface area contributed by atoms with E-state index in [1.807, 2.05) is 48.7 Å². The Bertz CT molecular complexity index is 1400. The van der Waals surface area contributed by atoms with E-state index in [-0.39, 0.29) is 5.91 Å². The SMILES string of the molecule is CCN(CC)CCCNC(=O)c1ccc2c(c1)sc1nc(-c3ccc(C4(OC(N)=O)CC4)cc3)cn12. The molecule has 8 nitrogen and oxygen atoms in total. The molecule has 0 saturated heterocycles. The standard InChI is InChI=1S/C27H31N5O3S/c1-3-31(4-2)15-5-14-29-24(33)19-8-11-22-23(16-19)36-26-30-21(17-32(22)26)18-6-9-20(10-7-18)27(12-13-27)35-25(28)34/h6-11,16-17H,3-5,12-15H2,1-2H3,(H2,28,34)(H,29,33). The summed E-state index contributed by atoms with van der Waals surface area (Å²) in [6, 6.07) is 13.7. The molecule has 0 atom stereocenters. The molecular formula is C27H31N5O3S. The highest BCUT2D eigenvalue weighted by Gasteiger charge is 2.48. The zero-order chi connectivity index (χ0) is 25.3. The minimum Gasteiger partial charge on any atom is -0.438 e. The van der Waals surface area contributed by atoms with Crippen molar-refractivity contribution >= 4 is 38.5 Å². The second kappa shape index (κ2) is 9.91. The van der Waals surface area contributed by atoms with Crippen LogP contribution >= 0.6 is 11.3 Å².